The van der Waals surface area contributed by atoms with Gasteiger partial charge in [-0.3, -0.25) is 15.2 Å². The second kappa shape index (κ2) is 6.51. The second-order valence-corrected chi connectivity index (χ2v) is 5.60. The first-order chi connectivity index (χ1) is 11.1. The Kier molecular flexibility index (Phi) is 4.44. The van der Waals surface area contributed by atoms with Crippen molar-refractivity contribution in [1.82, 2.24) is 15.2 Å². The first-order valence-corrected chi connectivity index (χ1v) is 7.68. The molecule has 1 aliphatic heterocycles. The van der Waals surface area contributed by atoms with Crippen molar-refractivity contribution >= 4 is 23.0 Å². The van der Waals surface area contributed by atoms with E-state index in [9.17, 15) is 10.1 Å². The van der Waals surface area contributed by atoms with Crippen LogP contribution in [0.4, 0.5) is 11.4 Å². The van der Waals surface area contributed by atoms with Crippen molar-refractivity contribution in [3.05, 3.63) is 45.0 Å². The zero-order chi connectivity index (χ0) is 16.4. The van der Waals surface area contributed by atoms with Gasteiger partial charge in [-0.1, -0.05) is 18.5 Å². The van der Waals surface area contributed by atoms with Gasteiger partial charge in [0.15, 0.2) is 5.82 Å². The Balaban J connectivity index is 1.79. The van der Waals surface area contributed by atoms with Crippen LogP contribution >= 0.6 is 11.6 Å². The van der Waals surface area contributed by atoms with Crippen LogP contribution in [0.3, 0.4) is 0 Å². The summed E-state index contributed by atoms with van der Waals surface area (Å²) in [6, 6.07) is 4.48. The predicted octanol–water partition coefficient (Wildman–Crippen LogP) is 2.51. The Labute approximate surface area is 137 Å². The van der Waals surface area contributed by atoms with E-state index in [1.165, 1.54) is 12.1 Å². The first kappa shape index (κ1) is 15.7. The summed E-state index contributed by atoms with van der Waals surface area (Å²) in [5, 5.41) is 18.2. The average molecular weight is 338 g/mol. The van der Waals surface area contributed by atoms with Crippen molar-refractivity contribution in [2.75, 3.05) is 24.6 Å². The molecular weight excluding hydrogens is 322 g/mol. The maximum absolute atomic E-state index is 10.8. The van der Waals surface area contributed by atoms with Crippen LogP contribution in [0.5, 0.6) is 0 Å². The Morgan fingerprint density at radius 2 is 2.39 bits per heavy atom. The number of aromatic amines is 1. The molecule has 0 spiro atoms. The highest BCUT2D eigenvalue weighted by atomic mass is 35.5. The third-order valence-corrected chi connectivity index (χ3v) is 4.02. The van der Waals surface area contributed by atoms with E-state index < -0.39 is 4.92 Å². The molecule has 1 unspecified atom stereocenters. The monoisotopic (exact) mass is 337 g/mol. The van der Waals surface area contributed by atoms with Gasteiger partial charge in [0, 0.05) is 25.1 Å². The van der Waals surface area contributed by atoms with Gasteiger partial charge in [0.05, 0.1) is 28.8 Å². The smallest absolute Gasteiger partial charge is 0.271 e. The maximum Gasteiger partial charge on any atom is 0.271 e. The number of halogens is 1. The largest absolute Gasteiger partial charge is 0.366 e. The fraction of sp³-hybridized carbons (Fsp3) is 0.429. The lowest BCUT2D eigenvalue weighted by Gasteiger charge is -2.33. The number of hydrogen-bond acceptors (Lipinski definition) is 6. The Morgan fingerprint density at radius 3 is 3.04 bits per heavy atom. The van der Waals surface area contributed by atoms with Crippen LogP contribution in [0.1, 0.15) is 24.7 Å². The molecule has 1 fully saturated rings. The molecule has 0 amide bonds. The number of rotatable bonds is 4. The van der Waals surface area contributed by atoms with Crippen LogP contribution in [-0.4, -0.2) is 39.8 Å². The Bertz CT molecular complexity index is 720. The highest BCUT2D eigenvalue weighted by molar-refractivity contribution is 6.33. The fourth-order valence-corrected chi connectivity index (χ4v) is 2.80. The number of nitrogens with one attached hydrogen (secondary N) is 1. The predicted molar refractivity (Wildman–Crippen MR) is 84.8 cm³/mol. The first-order valence-electron chi connectivity index (χ1n) is 7.30. The molecule has 0 saturated carbocycles. The van der Waals surface area contributed by atoms with Crippen molar-refractivity contribution in [2.45, 2.75) is 19.4 Å². The molecule has 122 valence electrons. The van der Waals surface area contributed by atoms with Crippen molar-refractivity contribution in [3.8, 4) is 0 Å². The van der Waals surface area contributed by atoms with Crippen LogP contribution in [0.25, 0.3) is 0 Å². The molecule has 1 aromatic carbocycles. The number of aryl methyl sites for hydroxylation is 1. The van der Waals surface area contributed by atoms with E-state index in [1.807, 2.05) is 11.8 Å². The van der Waals surface area contributed by atoms with Crippen LogP contribution in [0.15, 0.2) is 18.2 Å². The Morgan fingerprint density at radius 1 is 1.57 bits per heavy atom. The molecular formula is C14H16ClN5O3. The van der Waals surface area contributed by atoms with Crippen molar-refractivity contribution in [3.63, 3.8) is 0 Å². The molecule has 23 heavy (non-hydrogen) atoms. The number of H-pyrrole nitrogens is 1. The van der Waals surface area contributed by atoms with E-state index in [4.69, 9.17) is 16.3 Å². The van der Waals surface area contributed by atoms with Gasteiger partial charge in [0.2, 0.25) is 0 Å². The quantitative estimate of drug-likeness (QED) is 0.680. The van der Waals surface area contributed by atoms with Gasteiger partial charge in [-0.25, -0.2) is 4.98 Å². The number of nitro benzene ring substituents is 1. The minimum absolute atomic E-state index is 0.0230. The minimum Gasteiger partial charge on any atom is -0.366 e. The van der Waals surface area contributed by atoms with Gasteiger partial charge in [-0.05, 0) is 6.07 Å². The molecule has 3 rings (SSSR count). The van der Waals surface area contributed by atoms with Crippen molar-refractivity contribution in [2.24, 2.45) is 0 Å². The van der Waals surface area contributed by atoms with Crippen molar-refractivity contribution in [1.29, 1.82) is 0 Å². The van der Waals surface area contributed by atoms with Gasteiger partial charge in [-0.15, -0.1) is 0 Å². The van der Waals surface area contributed by atoms with E-state index in [1.54, 1.807) is 6.07 Å². The number of nitro groups is 1. The summed E-state index contributed by atoms with van der Waals surface area (Å²) in [6.45, 7) is 3.70. The number of ether oxygens (including phenoxy) is 1. The van der Waals surface area contributed by atoms with Crippen LogP contribution in [-0.2, 0) is 11.2 Å². The molecule has 1 aromatic heterocycles. The lowest BCUT2D eigenvalue weighted by Crippen LogP contribution is -2.38. The third kappa shape index (κ3) is 3.27. The second-order valence-electron chi connectivity index (χ2n) is 5.19. The van der Waals surface area contributed by atoms with Crippen LogP contribution in [0.2, 0.25) is 5.02 Å². The van der Waals surface area contributed by atoms with E-state index >= 15 is 0 Å². The highest BCUT2D eigenvalue weighted by Gasteiger charge is 2.27. The average Bonchev–Trinajstić information content (AvgIpc) is 3.04. The zero-order valence-electron chi connectivity index (χ0n) is 12.5. The molecule has 1 aliphatic rings. The number of anilines is 1. The van der Waals surface area contributed by atoms with Crippen LogP contribution < -0.4 is 4.90 Å². The zero-order valence-corrected chi connectivity index (χ0v) is 13.3. The van der Waals surface area contributed by atoms with Gasteiger partial charge in [0.25, 0.3) is 5.69 Å². The molecule has 2 aromatic rings. The topological polar surface area (TPSA) is 97.2 Å². The SMILES string of the molecule is CCc1nc(C2CN(c3ccc([N+](=O)[O-])cc3Cl)CCO2)n[nH]1. The van der Waals surface area contributed by atoms with Gasteiger partial charge < -0.3 is 9.64 Å². The highest BCUT2D eigenvalue weighted by Crippen LogP contribution is 2.32. The molecule has 9 heteroatoms. The number of nitrogens with zero attached hydrogens (tertiary/aromatic N) is 4. The molecule has 0 aliphatic carbocycles. The summed E-state index contributed by atoms with van der Waals surface area (Å²) in [7, 11) is 0. The molecule has 0 radical (unpaired) electrons. The molecule has 0 bridgehead atoms. The maximum atomic E-state index is 10.8. The minimum atomic E-state index is -0.461. The third-order valence-electron chi connectivity index (χ3n) is 3.72. The summed E-state index contributed by atoms with van der Waals surface area (Å²) in [5.74, 6) is 1.43. The number of benzene rings is 1. The molecule has 1 atom stereocenters. The van der Waals surface area contributed by atoms with E-state index in [-0.39, 0.29) is 11.8 Å². The van der Waals surface area contributed by atoms with Crippen LogP contribution in [0, 0.1) is 10.1 Å². The van der Waals surface area contributed by atoms with Gasteiger partial charge in [0.1, 0.15) is 11.9 Å². The van der Waals surface area contributed by atoms with Gasteiger partial charge >= 0.3 is 0 Å². The molecule has 8 nitrogen and oxygen atoms in total. The number of non-ortho nitro benzene ring substituents is 1. The van der Waals surface area contributed by atoms with E-state index in [0.717, 1.165) is 17.9 Å². The summed E-state index contributed by atoms with van der Waals surface area (Å²) in [5.41, 5.74) is 0.724. The standard InChI is InChI=1S/C14H16ClN5O3/c1-2-13-16-14(18-17-13)12-8-19(5-6-23-12)11-4-3-9(20(21)22)7-10(11)15/h3-4,7,12H,2,5-6,8H2,1H3,(H,16,17,18). The normalized spacial score (nSPS) is 18.2. The molecule has 1 saturated heterocycles. The van der Waals surface area contributed by atoms with Gasteiger partial charge in [-0.2, -0.15) is 5.10 Å². The number of hydrogen-bond donors (Lipinski definition) is 1. The summed E-state index contributed by atoms with van der Waals surface area (Å²) in [4.78, 5) is 16.8. The number of aromatic nitrogens is 3. The molecule has 2 heterocycles. The van der Waals surface area contributed by atoms with Crippen molar-refractivity contribution < 1.29 is 9.66 Å². The number of morpholine rings is 1. The summed E-state index contributed by atoms with van der Waals surface area (Å²) < 4.78 is 5.74. The van der Waals surface area contributed by atoms with E-state index in [2.05, 4.69) is 15.2 Å². The Hall–Kier alpha value is -2.19. The lowest BCUT2D eigenvalue weighted by molar-refractivity contribution is -0.384. The molecule has 1 N–H and O–H groups in total. The summed E-state index contributed by atoms with van der Waals surface area (Å²) in [6.07, 6.45) is 0.518. The lowest BCUT2D eigenvalue weighted by atomic mass is 10.2. The summed E-state index contributed by atoms with van der Waals surface area (Å²) >= 11 is 6.20. The van der Waals surface area contributed by atoms with E-state index in [0.29, 0.717) is 30.5 Å². The fourth-order valence-electron chi connectivity index (χ4n) is 2.50.